The average Bonchev–Trinajstić information content (AvgIpc) is 3.21. The summed E-state index contributed by atoms with van der Waals surface area (Å²) < 4.78 is 49.2. The van der Waals surface area contributed by atoms with Gasteiger partial charge in [-0.15, -0.1) is 0 Å². The van der Waals surface area contributed by atoms with Crippen molar-refractivity contribution in [3.8, 4) is 5.75 Å². The lowest BCUT2D eigenvalue weighted by Gasteiger charge is -2.27. The Morgan fingerprint density at radius 3 is 2.61 bits per heavy atom. The molecule has 0 spiro atoms. The molecule has 0 aliphatic carbocycles. The van der Waals surface area contributed by atoms with Gasteiger partial charge in [0.25, 0.3) is 0 Å². The van der Waals surface area contributed by atoms with Crippen LogP contribution >= 0.6 is 0 Å². The zero-order valence-corrected chi connectivity index (χ0v) is 16.4. The number of hydrogen-bond acceptors (Lipinski definition) is 5. The minimum atomic E-state index is -3.63. The fourth-order valence-corrected chi connectivity index (χ4v) is 4.78. The lowest BCUT2D eigenvalue weighted by Crippen LogP contribution is -2.37. The number of nitrogens with one attached hydrogen (secondary N) is 1. The highest BCUT2D eigenvalue weighted by Gasteiger charge is 2.27. The fourth-order valence-electron chi connectivity index (χ4n) is 3.33. The van der Waals surface area contributed by atoms with Gasteiger partial charge in [0.15, 0.2) is 0 Å². The van der Waals surface area contributed by atoms with Crippen molar-refractivity contribution in [1.82, 2.24) is 9.62 Å². The summed E-state index contributed by atoms with van der Waals surface area (Å²) in [7, 11) is -3.63. The van der Waals surface area contributed by atoms with Crippen LogP contribution in [0.1, 0.15) is 25.7 Å². The third-order valence-electron chi connectivity index (χ3n) is 4.91. The number of alkyl halides is 1. The molecule has 1 aromatic rings. The lowest BCUT2D eigenvalue weighted by atomic mass is 10.1. The third-order valence-corrected chi connectivity index (χ3v) is 6.82. The van der Waals surface area contributed by atoms with Gasteiger partial charge in [-0.3, -0.25) is 4.79 Å². The maximum atomic E-state index is 12.7. The monoisotopic (exact) mass is 412 g/mol. The second-order valence-corrected chi connectivity index (χ2v) is 8.75. The van der Waals surface area contributed by atoms with Crippen LogP contribution < -0.4 is 10.1 Å². The second-order valence-electron chi connectivity index (χ2n) is 6.81. The molecule has 2 saturated heterocycles. The maximum Gasteiger partial charge on any atom is 0.244 e. The molecule has 3 rings (SSSR count). The van der Waals surface area contributed by atoms with Gasteiger partial charge >= 0.3 is 0 Å². The van der Waals surface area contributed by atoms with Crippen molar-refractivity contribution in [1.29, 1.82) is 0 Å². The summed E-state index contributed by atoms with van der Waals surface area (Å²) >= 11 is 0. The molecule has 7 nitrogen and oxygen atoms in total. The first kappa shape index (κ1) is 20.8. The number of benzene rings is 1. The number of amides is 1. The van der Waals surface area contributed by atoms with E-state index < -0.39 is 16.9 Å². The standard InChI is InChI=1S/C19H25FN2O5S/c20-14-27-16-3-5-18(6-4-16)28(24,25)22-9-7-15(8-10-22)12-19(23)21-13-17-2-1-11-26-17/h3-6,12,17H,1-2,7-11,13-14H2,(H,21,23). The van der Waals surface area contributed by atoms with Gasteiger partial charge in [-0.25, -0.2) is 12.8 Å². The molecule has 1 atom stereocenters. The van der Waals surface area contributed by atoms with E-state index in [9.17, 15) is 17.6 Å². The predicted molar refractivity (Wildman–Crippen MR) is 101 cm³/mol. The van der Waals surface area contributed by atoms with Gasteiger partial charge in [0, 0.05) is 32.3 Å². The molecule has 0 radical (unpaired) electrons. The zero-order valence-electron chi connectivity index (χ0n) is 15.6. The maximum absolute atomic E-state index is 12.7. The Balaban J connectivity index is 1.52. The normalized spacial score (nSPS) is 20.8. The lowest BCUT2D eigenvalue weighted by molar-refractivity contribution is -0.117. The number of carbonyl (C=O) groups excluding carboxylic acids is 1. The van der Waals surface area contributed by atoms with Gasteiger partial charge in [-0.1, -0.05) is 5.57 Å². The molecular weight excluding hydrogens is 387 g/mol. The molecule has 0 aromatic heterocycles. The van der Waals surface area contributed by atoms with Crippen LogP contribution in [-0.4, -0.2) is 57.8 Å². The number of hydrogen-bond donors (Lipinski definition) is 1. The van der Waals surface area contributed by atoms with E-state index in [1.54, 1.807) is 6.08 Å². The Morgan fingerprint density at radius 2 is 2.00 bits per heavy atom. The molecule has 2 aliphatic rings. The van der Waals surface area contributed by atoms with Crippen molar-refractivity contribution in [2.45, 2.75) is 36.7 Å². The summed E-state index contributed by atoms with van der Waals surface area (Å²) in [5, 5.41) is 2.84. The van der Waals surface area contributed by atoms with Crippen LogP contribution in [0.15, 0.2) is 40.8 Å². The molecule has 2 heterocycles. The van der Waals surface area contributed by atoms with Gasteiger partial charge in [0.1, 0.15) is 5.75 Å². The number of nitrogens with zero attached hydrogens (tertiary/aromatic N) is 1. The number of rotatable bonds is 7. The van der Waals surface area contributed by atoms with Gasteiger partial charge in [-0.2, -0.15) is 4.31 Å². The number of carbonyl (C=O) groups is 1. The van der Waals surface area contributed by atoms with E-state index in [1.807, 2.05) is 0 Å². The van der Waals surface area contributed by atoms with Crippen LogP contribution in [0.3, 0.4) is 0 Å². The Labute approximate surface area is 164 Å². The van der Waals surface area contributed by atoms with Crippen molar-refractivity contribution in [3.63, 3.8) is 0 Å². The Morgan fingerprint density at radius 1 is 1.29 bits per heavy atom. The van der Waals surface area contributed by atoms with Crippen molar-refractivity contribution in [2.24, 2.45) is 0 Å². The fraction of sp³-hybridized carbons (Fsp3) is 0.526. The number of ether oxygens (including phenoxy) is 2. The van der Waals surface area contributed by atoms with Crippen LogP contribution in [0.5, 0.6) is 5.75 Å². The Bertz CT molecular complexity index is 794. The van der Waals surface area contributed by atoms with Crippen molar-refractivity contribution in [2.75, 3.05) is 33.1 Å². The molecule has 1 N–H and O–H groups in total. The number of sulfonamides is 1. The van der Waals surface area contributed by atoms with Crippen LogP contribution in [0.4, 0.5) is 4.39 Å². The first-order chi connectivity index (χ1) is 13.5. The largest absolute Gasteiger partial charge is 0.463 e. The second kappa shape index (κ2) is 9.49. The van der Waals surface area contributed by atoms with E-state index in [1.165, 1.54) is 28.6 Å². The highest BCUT2D eigenvalue weighted by molar-refractivity contribution is 7.89. The third kappa shape index (κ3) is 5.30. The van der Waals surface area contributed by atoms with E-state index in [2.05, 4.69) is 5.32 Å². The van der Waals surface area contributed by atoms with Crippen LogP contribution in [-0.2, 0) is 19.6 Å². The summed E-state index contributed by atoms with van der Waals surface area (Å²) in [6.45, 7) is 0.920. The topological polar surface area (TPSA) is 84.9 Å². The van der Waals surface area contributed by atoms with E-state index in [0.29, 0.717) is 32.5 Å². The Kier molecular flexibility index (Phi) is 7.03. The average molecular weight is 412 g/mol. The summed E-state index contributed by atoms with van der Waals surface area (Å²) in [6.07, 6.45) is 4.67. The summed E-state index contributed by atoms with van der Waals surface area (Å²) in [5.41, 5.74) is 0.933. The van der Waals surface area contributed by atoms with Gasteiger partial charge < -0.3 is 14.8 Å². The molecule has 1 unspecified atom stereocenters. The van der Waals surface area contributed by atoms with E-state index in [4.69, 9.17) is 9.47 Å². The van der Waals surface area contributed by atoms with E-state index >= 15 is 0 Å². The molecule has 0 bridgehead atoms. The van der Waals surface area contributed by atoms with E-state index in [-0.39, 0.29) is 22.7 Å². The van der Waals surface area contributed by atoms with Gasteiger partial charge in [-0.05, 0) is 49.9 Å². The van der Waals surface area contributed by atoms with Crippen molar-refractivity contribution in [3.05, 3.63) is 35.9 Å². The summed E-state index contributed by atoms with van der Waals surface area (Å²) in [6, 6.07) is 5.68. The van der Waals surface area contributed by atoms with Crippen LogP contribution in [0.25, 0.3) is 0 Å². The first-order valence-electron chi connectivity index (χ1n) is 9.37. The number of halogens is 1. The van der Waals surface area contributed by atoms with E-state index in [0.717, 1.165) is 25.0 Å². The smallest absolute Gasteiger partial charge is 0.244 e. The molecule has 1 amide bonds. The van der Waals surface area contributed by atoms with Gasteiger partial charge in [0.2, 0.25) is 22.8 Å². The SMILES string of the molecule is O=C(C=C1CCN(S(=O)(=O)c2ccc(OCF)cc2)CC1)NCC1CCCO1. The quantitative estimate of drug-likeness (QED) is 0.693. The van der Waals surface area contributed by atoms with Gasteiger partial charge in [0.05, 0.1) is 11.0 Å². The molecule has 28 heavy (non-hydrogen) atoms. The highest BCUT2D eigenvalue weighted by atomic mass is 32.2. The van der Waals surface area contributed by atoms with Crippen molar-refractivity contribution >= 4 is 15.9 Å². The molecule has 2 aliphatic heterocycles. The summed E-state index contributed by atoms with van der Waals surface area (Å²) in [5.74, 6) is 0.115. The van der Waals surface area contributed by atoms with Crippen LogP contribution in [0.2, 0.25) is 0 Å². The molecule has 154 valence electrons. The predicted octanol–water partition coefficient (Wildman–Crippen LogP) is 2.00. The van der Waals surface area contributed by atoms with Crippen LogP contribution in [0, 0.1) is 0 Å². The first-order valence-corrected chi connectivity index (χ1v) is 10.8. The summed E-state index contributed by atoms with van der Waals surface area (Å²) in [4.78, 5) is 12.2. The highest BCUT2D eigenvalue weighted by Crippen LogP contribution is 2.24. The minimum absolute atomic E-state index is 0.0935. The minimum Gasteiger partial charge on any atom is -0.463 e. The zero-order chi connectivity index (χ0) is 20.0. The molecule has 2 fully saturated rings. The Hall–Kier alpha value is -1.97. The molecular formula is C19H25FN2O5S. The number of piperidine rings is 1. The van der Waals surface area contributed by atoms with Crippen molar-refractivity contribution < 1.29 is 27.1 Å². The molecule has 0 saturated carbocycles. The molecule has 1 aromatic carbocycles. The molecule has 9 heteroatoms.